The van der Waals surface area contributed by atoms with Gasteiger partial charge in [-0.25, -0.2) is 8.42 Å². The Bertz CT molecular complexity index is 1520. The summed E-state index contributed by atoms with van der Waals surface area (Å²) >= 11 is 6.27. The number of carbonyl (C=O) groups is 1. The van der Waals surface area contributed by atoms with E-state index in [0.29, 0.717) is 42.9 Å². The lowest BCUT2D eigenvalue weighted by molar-refractivity contribution is -0.147. The van der Waals surface area contributed by atoms with Crippen molar-refractivity contribution in [2.24, 2.45) is 5.92 Å². The molecule has 1 N–H and O–H groups in total. The summed E-state index contributed by atoms with van der Waals surface area (Å²) in [6, 6.07) is 20.5. The van der Waals surface area contributed by atoms with Gasteiger partial charge in [0.1, 0.15) is 0 Å². The molecule has 0 saturated carbocycles. The van der Waals surface area contributed by atoms with E-state index in [9.17, 15) is 18.0 Å². The number of nitrogens with zero attached hydrogens (tertiary/aromatic N) is 2. The highest BCUT2D eigenvalue weighted by Crippen LogP contribution is 2.47. The van der Waals surface area contributed by atoms with Crippen LogP contribution in [0.1, 0.15) is 60.5 Å². The van der Waals surface area contributed by atoms with Crippen molar-refractivity contribution < 1.29 is 13.2 Å². The zero-order valence-electron chi connectivity index (χ0n) is 22.9. The Hall–Kier alpha value is -2.94. The van der Waals surface area contributed by atoms with Crippen LogP contribution >= 0.6 is 11.6 Å². The molecule has 7 nitrogen and oxygen atoms in total. The van der Waals surface area contributed by atoms with Crippen molar-refractivity contribution in [3.05, 3.63) is 104 Å². The summed E-state index contributed by atoms with van der Waals surface area (Å²) in [5, 5.41) is 0.616. The van der Waals surface area contributed by atoms with Crippen LogP contribution in [-0.2, 0) is 21.2 Å². The van der Waals surface area contributed by atoms with Gasteiger partial charge >= 0.3 is 0 Å². The molecule has 0 radical (unpaired) electrons. The number of pyridine rings is 1. The molecule has 9 heteroatoms. The summed E-state index contributed by atoms with van der Waals surface area (Å²) in [7, 11) is -3.34. The molecule has 3 heterocycles. The Morgan fingerprint density at radius 1 is 1.02 bits per heavy atom. The summed E-state index contributed by atoms with van der Waals surface area (Å²) in [5.74, 6) is -0.287. The summed E-state index contributed by atoms with van der Waals surface area (Å²) in [6.45, 7) is 4.82. The SMILES string of the molecule is CC[C@@H](CN1CCCS1(=O)=O)N1C(=O)[C@H](Cc2cccc(=O)[nH]2)C[C@H](c2cccc(C)c2)[C@H]1c1ccc(Cl)cc1. The molecule has 0 unspecified atom stereocenters. The number of aromatic nitrogens is 1. The molecular weight excluding hydrogens is 546 g/mol. The van der Waals surface area contributed by atoms with Crippen LogP contribution in [0, 0.1) is 12.8 Å². The lowest BCUT2D eigenvalue weighted by Gasteiger charge is -2.49. The van der Waals surface area contributed by atoms with Crippen molar-refractivity contribution in [2.75, 3.05) is 18.8 Å². The van der Waals surface area contributed by atoms with Gasteiger partial charge in [-0.05, 0) is 61.9 Å². The molecule has 2 saturated heterocycles. The van der Waals surface area contributed by atoms with Gasteiger partial charge in [0.15, 0.2) is 0 Å². The van der Waals surface area contributed by atoms with E-state index in [0.717, 1.165) is 16.7 Å². The number of benzene rings is 2. The quantitative estimate of drug-likeness (QED) is 0.402. The molecule has 3 aromatic rings. The topological polar surface area (TPSA) is 90.6 Å². The maximum atomic E-state index is 14.5. The van der Waals surface area contributed by atoms with Crippen LogP contribution in [0.15, 0.2) is 71.5 Å². The smallest absolute Gasteiger partial charge is 0.248 e. The molecule has 2 aromatic carbocycles. The van der Waals surface area contributed by atoms with Gasteiger partial charge in [-0.3, -0.25) is 9.59 Å². The standard InChI is InChI=1S/C31H36ClN3O4S/c1-3-27(20-34-15-6-16-40(34,38)39)35-30(22-11-13-25(32)14-12-22)28(23-8-4-7-21(2)17-23)19-24(31(35)37)18-26-9-5-10-29(36)33-26/h4-5,7-14,17,24,27-28,30H,3,6,15-16,18-20H2,1-2H3,(H,33,36)/t24-,27+,28-,30-/m1/s1. The number of amides is 1. The van der Waals surface area contributed by atoms with Crippen molar-refractivity contribution in [2.45, 2.75) is 57.5 Å². The number of H-pyrrole nitrogens is 1. The fraction of sp³-hybridized carbons (Fsp3) is 0.419. The summed E-state index contributed by atoms with van der Waals surface area (Å²) < 4.78 is 27.2. The van der Waals surface area contributed by atoms with Crippen LogP contribution in [0.5, 0.6) is 0 Å². The van der Waals surface area contributed by atoms with E-state index < -0.39 is 10.0 Å². The molecule has 212 valence electrons. The number of aromatic amines is 1. The van der Waals surface area contributed by atoms with Gasteiger partial charge in [0.25, 0.3) is 0 Å². The van der Waals surface area contributed by atoms with Gasteiger partial charge in [0.05, 0.1) is 11.8 Å². The second-order valence-electron chi connectivity index (χ2n) is 11.0. The highest BCUT2D eigenvalue weighted by molar-refractivity contribution is 7.89. The van der Waals surface area contributed by atoms with E-state index >= 15 is 0 Å². The molecule has 0 aliphatic carbocycles. The molecule has 2 aliphatic rings. The predicted octanol–water partition coefficient (Wildman–Crippen LogP) is 5.07. The minimum absolute atomic E-state index is 0.0167. The lowest BCUT2D eigenvalue weighted by atomic mass is 9.73. The van der Waals surface area contributed by atoms with Crippen molar-refractivity contribution in [1.29, 1.82) is 0 Å². The van der Waals surface area contributed by atoms with Crippen molar-refractivity contribution in [1.82, 2.24) is 14.2 Å². The molecule has 1 aromatic heterocycles. The average molecular weight is 582 g/mol. The summed E-state index contributed by atoms with van der Waals surface area (Å²) in [6.07, 6.45) is 2.21. The van der Waals surface area contributed by atoms with Gasteiger partial charge in [-0.2, -0.15) is 4.31 Å². The van der Waals surface area contributed by atoms with Crippen molar-refractivity contribution in [3.63, 3.8) is 0 Å². The Kier molecular flexibility index (Phi) is 8.50. The monoisotopic (exact) mass is 581 g/mol. The van der Waals surface area contributed by atoms with Crippen molar-refractivity contribution in [3.8, 4) is 0 Å². The second kappa shape index (κ2) is 11.9. The van der Waals surface area contributed by atoms with Gasteiger partial charge in [-0.1, -0.05) is 66.6 Å². The number of hydrogen-bond acceptors (Lipinski definition) is 4. The Labute approximate surface area is 241 Å². The Morgan fingerprint density at radius 3 is 2.42 bits per heavy atom. The maximum Gasteiger partial charge on any atom is 0.248 e. The molecule has 5 rings (SSSR count). The first-order chi connectivity index (χ1) is 19.2. The first-order valence-corrected chi connectivity index (χ1v) is 15.9. The molecule has 40 heavy (non-hydrogen) atoms. The molecular formula is C31H36ClN3O4S. The van der Waals surface area contributed by atoms with E-state index in [-0.39, 0.29) is 47.7 Å². The largest absolute Gasteiger partial charge is 0.330 e. The van der Waals surface area contributed by atoms with Crippen LogP contribution < -0.4 is 5.56 Å². The van der Waals surface area contributed by atoms with Gasteiger partial charge in [0.2, 0.25) is 21.5 Å². The van der Waals surface area contributed by atoms with E-state index in [1.165, 1.54) is 6.07 Å². The van der Waals surface area contributed by atoms with Gasteiger partial charge in [0, 0.05) is 47.8 Å². The lowest BCUT2D eigenvalue weighted by Crippen LogP contribution is -2.55. The highest BCUT2D eigenvalue weighted by atomic mass is 35.5. The number of likely N-dealkylation sites (tertiary alicyclic amines) is 1. The van der Waals surface area contributed by atoms with Crippen LogP contribution in [0.2, 0.25) is 5.02 Å². The maximum absolute atomic E-state index is 14.5. The number of piperidine rings is 1. The van der Waals surface area contributed by atoms with Crippen LogP contribution in [0.25, 0.3) is 0 Å². The third kappa shape index (κ3) is 6.04. The third-order valence-electron chi connectivity index (χ3n) is 8.28. The number of nitrogens with one attached hydrogen (secondary N) is 1. The summed E-state index contributed by atoms with van der Waals surface area (Å²) in [4.78, 5) is 31.4. The molecule has 0 bridgehead atoms. The van der Waals surface area contributed by atoms with E-state index in [1.807, 2.05) is 48.2 Å². The number of hydrogen-bond donors (Lipinski definition) is 1. The van der Waals surface area contributed by atoms with Crippen molar-refractivity contribution >= 4 is 27.5 Å². The summed E-state index contributed by atoms with van der Waals surface area (Å²) in [5.41, 5.74) is 3.76. The second-order valence-corrected chi connectivity index (χ2v) is 13.6. The first-order valence-electron chi connectivity index (χ1n) is 14.0. The Morgan fingerprint density at radius 2 is 1.77 bits per heavy atom. The highest BCUT2D eigenvalue weighted by Gasteiger charge is 2.46. The molecule has 0 spiro atoms. The molecule has 1 amide bonds. The average Bonchev–Trinajstić information content (AvgIpc) is 3.26. The predicted molar refractivity (Wildman–Crippen MR) is 158 cm³/mol. The van der Waals surface area contributed by atoms with E-state index in [4.69, 9.17) is 11.6 Å². The normalized spacial score (nSPS) is 23.8. The molecule has 2 fully saturated rings. The zero-order chi connectivity index (χ0) is 28.4. The van der Waals surface area contributed by atoms with E-state index in [1.54, 1.807) is 10.4 Å². The van der Waals surface area contributed by atoms with Crippen LogP contribution in [0.4, 0.5) is 0 Å². The van der Waals surface area contributed by atoms with E-state index in [2.05, 4.69) is 30.1 Å². The number of halogens is 1. The van der Waals surface area contributed by atoms with Crippen LogP contribution in [0.3, 0.4) is 0 Å². The molecule has 2 aliphatic heterocycles. The number of rotatable bonds is 8. The molecule has 4 atom stereocenters. The number of sulfonamides is 1. The Balaban J connectivity index is 1.62. The fourth-order valence-corrected chi connectivity index (χ4v) is 8.04. The van der Waals surface area contributed by atoms with Gasteiger partial charge < -0.3 is 9.88 Å². The number of carbonyl (C=O) groups excluding carboxylic acids is 1. The minimum Gasteiger partial charge on any atom is -0.330 e. The fourth-order valence-electron chi connectivity index (χ4n) is 6.35. The number of aryl methyl sites for hydroxylation is 1. The van der Waals surface area contributed by atoms with Gasteiger partial charge in [-0.15, -0.1) is 0 Å². The minimum atomic E-state index is -3.34. The first kappa shape index (κ1) is 28.6. The zero-order valence-corrected chi connectivity index (χ0v) is 24.5. The third-order valence-corrected chi connectivity index (χ3v) is 10.5. The van der Waals surface area contributed by atoms with Crippen LogP contribution in [-0.4, -0.2) is 53.4 Å².